The molecule has 1 aliphatic rings. The second-order valence-electron chi connectivity index (χ2n) is 3.85. The number of aliphatic imine (C=N–C) groups is 1. The Labute approximate surface area is 90.0 Å². The van der Waals surface area contributed by atoms with Gasteiger partial charge >= 0.3 is 0 Å². The smallest absolute Gasteiger partial charge is 0.185 e. The molecule has 0 aromatic heterocycles. The van der Waals surface area contributed by atoms with E-state index in [0.29, 0.717) is 13.0 Å². The number of benzene rings is 1. The van der Waals surface area contributed by atoms with Crippen molar-refractivity contribution in [1.29, 1.82) is 0 Å². The molecule has 1 atom stereocenters. The lowest BCUT2D eigenvalue weighted by Crippen LogP contribution is -2.15. The summed E-state index contributed by atoms with van der Waals surface area (Å²) in [5, 5.41) is 0. The van der Waals surface area contributed by atoms with Gasteiger partial charge in [0.25, 0.3) is 0 Å². The van der Waals surface area contributed by atoms with Crippen molar-refractivity contribution in [1.82, 2.24) is 0 Å². The zero-order chi connectivity index (χ0) is 10.7. The maximum absolute atomic E-state index is 6.06. The van der Waals surface area contributed by atoms with Crippen LogP contribution in [0.3, 0.4) is 0 Å². The molecule has 0 aliphatic carbocycles. The van der Waals surface area contributed by atoms with Crippen molar-refractivity contribution in [3.63, 3.8) is 0 Å². The maximum atomic E-state index is 6.06. The molecule has 1 aliphatic heterocycles. The lowest BCUT2D eigenvalue weighted by molar-refractivity contribution is 0.335. The molecular formula is C12H16N2O. The number of aryl methyl sites for hydroxylation is 1. The molecule has 1 aromatic carbocycles. The van der Waals surface area contributed by atoms with Gasteiger partial charge in [0, 0.05) is 12.5 Å². The average molecular weight is 204 g/mol. The van der Waals surface area contributed by atoms with Gasteiger partial charge in [-0.3, -0.25) is 4.99 Å². The van der Waals surface area contributed by atoms with Gasteiger partial charge in [-0.15, -0.1) is 0 Å². The van der Waals surface area contributed by atoms with Gasteiger partial charge in [0.1, 0.15) is 6.61 Å². The van der Waals surface area contributed by atoms with Crippen molar-refractivity contribution >= 4 is 5.90 Å². The van der Waals surface area contributed by atoms with Crippen LogP contribution in [0, 0.1) is 6.92 Å². The summed E-state index contributed by atoms with van der Waals surface area (Å²) in [5.74, 6) is 0.795. The third-order valence-electron chi connectivity index (χ3n) is 2.55. The summed E-state index contributed by atoms with van der Waals surface area (Å²) in [6.07, 6.45) is 0.697. The van der Waals surface area contributed by atoms with Crippen LogP contribution >= 0.6 is 0 Å². The van der Waals surface area contributed by atoms with Crippen molar-refractivity contribution in [3.05, 3.63) is 35.4 Å². The molecule has 0 spiro atoms. The van der Waals surface area contributed by atoms with E-state index >= 15 is 0 Å². The van der Waals surface area contributed by atoms with Gasteiger partial charge in [0.15, 0.2) is 5.90 Å². The van der Waals surface area contributed by atoms with Crippen LogP contribution < -0.4 is 5.73 Å². The van der Waals surface area contributed by atoms with E-state index in [0.717, 1.165) is 18.0 Å². The predicted octanol–water partition coefficient (Wildman–Crippen LogP) is 1.81. The molecule has 3 nitrogen and oxygen atoms in total. The van der Waals surface area contributed by atoms with Crippen molar-refractivity contribution < 1.29 is 4.74 Å². The van der Waals surface area contributed by atoms with E-state index in [1.807, 2.05) is 0 Å². The topological polar surface area (TPSA) is 47.6 Å². The first-order valence-corrected chi connectivity index (χ1v) is 5.24. The van der Waals surface area contributed by atoms with Crippen LogP contribution in [0.2, 0.25) is 0 Å². The van der Waals surface area contributed by atoms with Crippen LogP contribution in [0.5, 0.6) is 0 Å². The van der Waals surface area contributed by atoms with E-state index in [9.17, 15) is 0 Å². The Morgan fingerprint density at radius 1 is 1.40 bits per heavy atom. The molecule has 15 heavy (non-hydrogen) atoms. The minimum atomic E-state index is -0.0116. The molecule has 0 bridgehead atoms. The van der Waals surface area contributed by atoms with Gasteiger partial charge in [-0.25, -0.2) is 0 Å². The molecule has 2 rings (SSSR count). The molecule has 0 saturated heterocycles. The van der Waals surface area contributed by atoms with Crippen molar-refractivity contribution in [2.75, 3.05) is 13.2 Å². The van der Waals surface area contributed by atoms with E-state index in [2.05, 4.69) is 36.2 Å². The normalized spacial score (nSPS) is 17.1. The van der Waals surface area contributed by atoms with Crippen LogP contribution in [-0.2, 0) is 4.74 Å². The zero-order valence-corrected chi connectivity index (χ0v) is 8.94. The fourth-order valence-electron chi connectivity index (χ4n) is 1.62. The summed E-state index contributed by atoms with van der Waals surface area (Å²) in [4.78, 5) is 4.23. The number of ether oxygens (including phenoxy) is 1. The molecule has 0 unspecified atom stereocenters. The second kappa shape index (κ2) is 4.45. The summed E-state index contributed by atoms with van der Waals surface area (Å²) in [7, 11) is 0. The monoisotopic (exact) mass is 204 g/mol. The van der Waals surface area contributed by atoms with Crippen LogP contribution in [0.4, 0.5) is 0 Å². The molecule has 1 aromatic rings. The fraction of sp³-hybridized carbons (Fsp3) is 0.417. The summed E-state index contributed by atoms with van der Waals surface area (Å²) in [5.41, 5.74) is 8.45. The van der Waals surface area contributed by atoms with Crippen LogP contribution in [0.25, 0.3) is 0 Å². The molecule has 2 N–H and O–H groups in total. The minimum Gasteiger partial charge on any atom is -0.479 e. The zero-order valence-electron chi connectivity index (χ0n) is 8.94. The highest BCUT2D eigenvalue weighted by molar-refractivity contribution is 5.78. The van der Waals surface area contributed by atoms with Crippen molar-refractivity contribution in [2.45, 2.75) is 19.4 Å². The van der Waals surface area contributed by atoms with Gasteiger partial charge in [0.05, 0.1) is 6.54 Å². The van der Waals surface area contributed by atoms with Crippen LogP contribution in [-0.4, -0.2) is 19.0 Å². The third kappa shape index (κ3) is 2.57. The van der Waals surface area contributed by atoms with Crippen LogP contribution in [0.15, 0.2) is 29.3 Å². The Kier molecular flexibility index (Phi) is 3.02. The highest BCUT2D eigenvalue weighted by Gasteiger charge is 2.13. The molecule has 0 fully saturated rings. The quantitative estimate of drug-likeness (QED) is 0.816. The SMILES string of the molecule is Cc1ccc([C@H](N)CC2=NCCO2)cc1. The highest BCUT2D eigenvalue weighted by atomic mass is 16.5. The number of hydrogen-bond acceptors (Lipinski definition) is 3. The number of nitrogens with two attached hydrogens (primary N) is 1. The summed E-state index contributed by atoms with van der Waals surface area (Å²) < 4.78 is 5.34. The predicted molar refractivity (Wildman–Crippen MR) is 61.0 cm³/mol. The van der Waals surface area contributed by atoms with E-state index in [-0.39, 0.29) is 6.04 Å². The number of rotatable bonds is 3. The number of hydrogen-bond donors (Lipinski definition) is 1. The standard InChI is InChI=1S/C12H16N2O/c1-9-2-4-10(5-3-9)11(13)8-12-14-6-7-15-12/h2-5,11H,6-8,13H2,1H3/t11-/m1/s1. The second-order valence-corrected chi connectivity index (χ2v) is 3.85. The Bertz CT molecular complexity index is 356. The molecule has 0 saturated carbocycles. The lowest BCUT2D eigenvalue weighted by atomic mass is 10.0. The van der Waals surface area contributed by atoms with Crippen molar-refractivity contribution in [2.24, 2.45) is 10.7 Å². The van der Waals surface area contributed by atoms with Gasteiger partial charge in [-0.2, -0.15) is 0 Å². The summed E-state index contributed by atoms with van der Waals surface area (Å²) >= 11 is 0. The molecule has 3 heteroatoms. The summed E-state index contributed by atoms with van der Waals surface area (Å²) in [6.45, 7) is 3.55. The Morgan fingerprint density at radius 2 is 2.13 bits per heavy atom. The Balaban J connectivity index is 2.00. The van der Waals surface area contributed by atoms with Crippen LogP contribution in [0.1, 0.15) is 23.6 Å². The molecular weight excluding hydrogens is 188 g/mol. The molecule has 0 amide bonds. The average Bonchev–Trinajstić information content (AvgIpc) is 2.71. The Morgan fingerprint density at radius 3 is 2.73 bits per heavy atom. The lowest BCUT2D eigenvalue weighted by Gasteiger charge is -2.11. The first kappa shape index (κ1) is 10.2. The van der Waals surface area contributed by atoms with Gasteiger partial charge in [-0.05, 0) is 12.5 Å². The maximum Gasteiger partial charge on any atom is 0.185 e. The van der Waals surface area contributed by atoms with E-state index in [1.54, 1.807) is 0 Å². The van der Waals surface area contributed by atoms with Gasteiger partial charge in [0.2, 0.25) is 0 Å². The largest absolute Gasteiger partial charge is 0.479 e. The highest BCUT2D eigenvalue weighted by Crippen LogP contribution is 2.16. The molecule has 80 valence electrons. The fourth-order valence-corrected chi connectivity index (χ4v) is 1.62. The van der Waals surface area contributed by atoms with Gasteiger partial charge < -0.3 is 10.5 Å². The van der Waals surface area contributed by atoms with E-state index in [1.165, 1.54) is 5.56 Å². The van der Waals surface area contributed by atoms with Crippen molar-refractivity contribution in [3.8, 4) is 0 Å². The van der Waals surface area contributed by atoms with E-state index < -0.39 is 0 Å². The molecule has 1 heterocycles. The van der Waals surface area contributed by atoms with Gasteiger partial charge in [-0.1, -0.05) is 29.8 Å². The minimum absolute atomic E-state index is 0.0116. The first-order chi connectivity index (χ1) is 7.25. The molecule has 0 radical (unpaired) electrons. The summed E-state index contributed by atoms with van der Waals surface area (Å²) in [6, 6.07) is 8.27. The third-order valence-corrected chi connectivity index (χ3v) is 2.55. The number of nitrogens with zero attached hydrogens (tertiary/aromatic N) is 1. The first-order valence-electron chi connectivity index (χ1n) is 5.24. The van der Waals surface area contributed by atoms with E-state index in [4.69, 9.17) is 10.5 Å². The Hall–Kier alpha value is -1.35.